The molecule has 2 aliphatic heterocycles. The summed E-state index contributed by atoms with van der Waals surface area (Å²) in [5, 5.41) is 0.0402. The lowest BCUT2D eigenvalue weighted by Crippen LogP contribution is -2.11. The molecule has 2 aliphatic rings. The number of halogens is 1. The molecule has 1 aromatic heterocycles. The van der Waals surface area contributed by atoms with Crippen molar-refractivity contribution in [1.82, 2.24) is 15.0 Å². The summed E-state index contributed by atoms with van der Waals surface area (Å²) in [5.41, 5.74) is 0. The van der Waals surface area contributed by atoms with Crippen LogP contribution in [0.4, 0.5) is 0 Å². The molecule has 2 atom stereocenters. The molecule has 7 nitrogen and oxygen atoms in total. The van der Waals surface area contributed by atoms with E-state index in [2.05, 4.69) is 15.0 Å². The standard InChI is InChI=1S/C9H10ClN3O4/c10-7-11-8(16-3-5-1-14-5)13-9(12-7)17-4-6-2-15-6/h5-6H,1-4H2. The topological polar surface area (TPSA) is 82.2 Å². The van der Waals surface area contributed by atoms with Gasteiger partial charge in [0.05, 0.1) is 13.2 Å². The summed E-state index contributed by atoms with van der Waals surface area (Å²) in [7, 11) is 0. The van der Waals surface area contributed by atoms with E-state index in [0.29, 0.717) is 26.4 Å². The molecule has 92 valence electrons. The van der Waals surface area contributed by atoms with Crippen molar-refractivity contribution in [3.05, 3.63) is 5.28 Å². The zero-order valence-electron chi connectivity index (χ0n) is 8.84. The van der Waals surface area contributed by atoms with Gasteiger partial charge >= 0.3 is 12.0 Å². The molecule has 17 heavy (non-hydrogen) atoms. The molecule has 0 bridgehead atoms. The van der Waals surface area contributed by atoms with E-state index in [0.717, 1.165) is 0 Å². The molecule has 3 heterocycles. The summed E-state index contributed by atoms with van der Waals surface area (Å²) < 4.78 is 20.6. The van der Waals surface area contributed by atoms with Crippen LogP contribution < -0.4 is 9.47 Å². The third-order valence-electron chi connectivity index (χ3n) is 2.17. The van der Waals surface area contributed by atoms with Crippen molar-refractivity contribution in [3.8, 4) is 12.0 Å². The van der Waals surface area contributed by atoms with Crippen molar-refractivity contribution in [2.24, 2.45) is 0 Å². The van der Waals surface area contributed by atoms with Crippen molar-refractivity contribution in [1.29, 1.82) is 0 Å². The minimum atomic E-state index is 0.0402. The quantitative estimate of drug-likeness (QED) is 0.669. The Kier molecular flexibility index (Phi) is 2.96. The van der Waals surface area contributed by atoms with Crippen LogP contribution in [-0.4, -0.2) is 53.6 Å². The molecule has 0 spiro atoms. The minimum absolute atomic E-state index is 0.0402. The number of hydrogen-bond acceptors (Lipinski definition) is 7. The highest BCUT2D eigenvalue weighted by atomic mass is 35.5. The number of ether oxygens (including phenoxy) is 4. The first-order valence-corrected chi connectivity index (χ1v) is 5.58. The number of nitrogens with zero attached hydrogens (tertiary/aromatic N) is 3. The van der Waals surface area contributed by atoms with E-state index in [1.165, 1.54) is 0 Å². The first-order valence-electron chi connectivity index (χ1n) is 5.20. The Morgan fingerprint density at radius 1 is 1.00 bits per heavy atom. The number of epoxide rings is 2. The molecule has 0 radical (unpaired) electrons. The third-order valence-corrected chi connectivity index (χ3v) is 2.34. The molecular formula is C9H10ClN3O4. The number of rotatable bonds is 6. The van der Waals surface area contributed by atoms with Gasteiger partial charge in [-0.2, -0.15) is 9.97 Å². The summed E-state index contributed by atoms with van der Waals surface area (Å²) in [6.07, 6.45) is 0.268. The highest BCUT2D eigenvalue weighted by Crippen LogP contribution is 2.17. The Balaban J connectivity index is 1.60. The van der Waals surface area contributed by atoms with Gasteiger partial charge in [0.1, 0.15) is 25.4 Å². The maximum atomic E-state index is 5.73. The summed E-state index contributed by atoms with van der Waals surface area (Å²) in [5.74, 6) is 0. The minimum Gasteiger partial charge on any atom is -0.460 e. The fourth-order valence-electron chi connectivity index (χ4n) is 1.11. The van der Waals surface area contributed by atoms with E-state index in [1.807, 2.05) is 0 Å². The molecular weight excluding hydrogens is 250 g/mol. The molecule has 0 aliphatic carbocycles. The van der Waals surface area contributed by atoms with Crippen LogP contribution in [0, 0.1) is 0 Å². The Hall–Kier alpha value is -1.18. The van der Waals surface area contributed by atoms with Crippen molar-refractivity contribution in [2.75, 3.05) is 26.4 Å². The lowest BCUT2D eigenvalue weighted by Gasteiger charge is -2.05. The van der Waals surface area contributed by atoms with E-state index in [-0.39, 0.29) is 29.5 Å². The van der Waals surface area contributed by atoms with Gasteiger partial charge < -0.3 is 18.9 Å². The van der Waals surface area contributed by atoms with E-state index < -0.39 is 0 Å². The van der Waals surface area contributed by atoms with Crippen molar-refractivity contribution in [2.45, 2.75) is 12.2 Å². The molecule has 3 rings (SSSR count). The Bertz CT molecular complexity index is 377. The molecule has 0 saturated carbocycles. The van der Waals surface area contributed by atoms with Crippen LogP contribution in [0.5, 0.6) is 12.0 Å². The van der Waals surface area contributed by atoms with Crippen molar-refractivity contribution in [3.63, 3.8) is 0 Å². The van der Waals surface area contributed by atoms with E-state index >= 15 is 0 Å². The zero-order chi connectivity index (χ0) is 11.7. The molecule has 0 aromatic carbocycles. The highest BCUT2D eigenvalue weighted by molar-refractivity contribution is 6.28. The average Bonchev–Trinajstić information content (AvgIpc) is 3.15. The lowest BCUT2D eigenvalue weighted by atomic mass is 10.5. The number of hydrogen-bond donors (Lipinski definition) is 0. The van der Waals surface area contributed by atoms with Gasteiger partial charge in [0.25, 0.3) is 0 Å². The molecule has 2 saturated heterocycles. The van der Waals surface area contributed by atoms with Crippen LogP contribution >= 0.6 is 11.6 Å². The predicted molar refractivity (Wildman–Crippen MR) is 55.3 cm³/mol. The molecule has 2 unspecified atom stereocenters. The SMILES string of the molecule is Clc1nc(OCC2CO2)nc(OCC2CO2)n1. The predicted octanol–water partition coefficient (Wildman–Crippen LogP) is 0.0802. The monoisotopic (exact) mass is 259 g/mol. The third kappa shape index (κ3) is 3.39. The molecule has 0 amide bonds. The van der Waals surface area contributed by atoms with E-state index in [9.17, 15) is 0 Å². The van der Waals surface area contributed by atoms with Crippen molar-refractivity contribution < 1.29 is 18.9 Å². The largest absolute Gasteiger partial charge is 0.460 e. The van der Waals surface area contributed by atoms with Crippen LogP contribution in [0.2, 0.25) is 5.28 Å². The van der Waals surface area contributed by atoms with Gasteiger partial charge in [0.2, 0.25) is 5.28 Å². The second-order valence-corrected chi connectivity index (χ2v) is 4.04. The van der Waals surface area contributed by atoms with Crippen molar-refractivity contribution >= 4 is 11.6 Å². The number of aromatic nitrogens is 3. The molecule has 2 fully saturated rings. The maximum absolute atomic E-state index is 5.73. The first kappa shape index (κ1) is 10.9. The van der Waals surface area contributed by atoms with Gasteiger partial charge in [-0.05, 0) is 11.6 Å². The Morgan fingerprint density at radius 2 is 1.47 bits per heavy atom. The van der Waals surface area contributed by atoms with Crippen LogP contribution in [0.15, 0.2) is 0 Å². The van der Waals surface area contributed by atoms with Crippen LogP contribution in [0.25, 0.3) is 0 Å². The van der Waals surface area contributed by atoms with Gasteiger partial charge in [-0.3, -0.25) is 0 Å². The smallest absolute Gasteiger partial charge is 0.324 e. The van der Waals surface area contributed by atoms with E-state index in [4.69, 9.17) is 30.5 Å². The summed E-state index contributed by atoms with van der Waals surface area (Å²) >= 11 is 5.73. The van der Waals surface area contributed by atoms with Crippen LogP contribution in [0.1, 0.15) is 0 Å². The second kappa shape index (κ2) is 4.59. The Labute approximate surface area is 102 Å². The average molecular weight is 260 g/mol. The van der Waals surface area contributed by atoms with Gasteiger partial charge in [-0.25, -0.2) is 0 Å². The van der Waals surface area contributed by atoms with Crippen LogP contribution in [0.3, 0.4) is 0 Å². The summed E-state index contributed by atoms with van der Waals surface area (Å²) in [6.45, 7) is 2.24. The first-order chi connectivity index (χ1) is 8.29. The second-order valence-electron chi connectivity index (χ2n) is 3.70. The zero-order valence-corrected chi connectivity index (χ0v) is 9.59. The van der Waals surface area contributed by atoms with Gasteiger partial charge in [0, 0.05) is 0 Å². The molecule has 0 N–H and O–H groups in total. The fraction of sp³-hybridized carbons (Fsp3) is 0.667. The molecule has 8 heteroatoms. The fourth-order valence-corrected chi connectivity index (χ4v) is 1.25. The van der Waals surface area contributed by atoms with Gasteiger partial charge in [0.15, 0.2) is 0 Å². The van der Waals surface area contributed by atoms with E-state index in [1.54, 1.807) is 0 Å². The maximum Gasteiger partial charge on any atom is 0.324 e. The summed E-state index contributed by atoms with van der Waals surface area (Å²) in [6, 6.07) is 0.291. The molecule has 1 aromatic rings. The van der Waals surface area contributed by atoms with Gasteiger partial charge in [-0.15, -0.1) is 4.98 Å². The summed E-state index contributed by atoms with van der Waals surface area (Å²) in [4.78, 5) is 11.6. The highest BCUT2D eigenvalue weighted by Gasteiger charge is 2.25. The normalized spacial score (nSPS) is 25.5. The van der Waals surface area contributed by atoms with Crippen LogP contribution in [-0.2, 0) is 9.47 Å². The van der Waals surface area contributed by atoms with Gasteiger partial charge in [-0.1, -0.05) is 0 Å². The lowest BCUT2D eigenvalue weighted by molar-refractivity contribution is 0.224. The Morgan fingerprint density at radius 3 is 1.88 bits per heavy atom.